The first kappa shape index (κ1) is 20.0. The molecule has 35 heavy (non-hydrogen) atoms. The lowest BCUT2D eigenvalue weighted by atomic mass is 9.64. The number of hydrogen-bond acceptors (Lipinski definition) is 4. The monoisotopic (exact) mass is 500 g/mol. The van der Waals surface area contributed by atoms with Crippen molar-refractivity contribution in [3.05, 3.63) is 104 Å². The van der Waals surface area contributed by atoms with Crippen LogP contribution in [0.1, 0.15) is 56.6 Å². The van der Waals surface area contributed by atoms with E-state index in [0.29, 0.717) is 11.0 Å². The van der Waals surface area contributed by atoms with Crippen molar-refractivity contribution in [2.45, 2.75) is 24.9 Å². The molecular formula is C28H15F3N2S2. The van der Waals surface area contributed by atoms with E-state index in [1.165, 1.54) is 55.4 Å². The van der Waals surface area contributed by atoms with Gasteiger partial charge in [-0.15, -0.1) is 22.7 Å². The molecule has 3 aliphatic carbocycles. The first-order chi connectivity index (χ1) is 16.9. The lowest BCUT2D eigenvalue weighted by molar-refractivity contribution is -0.137. The molecule has 3 aliphatic rings. The van der Waals surface area contributed by atoms with Crippen molar-refractivity contribution in [1.82, 2.24) is 9.97 Å². The van der Waals surface area contributed by atoms with Gasteiger partial charge in [-0.25, -0.2) is 9.97 Å². The smallest absolute Gasteiger partial charge is 0.248 e. The summed E-state index contributed by atoms with van der Waals surface area (Å²) >= 11 is 3.44. The molecule has 170 valence electrons. The van der Waals surface area contributed by atoms with E-state index in [9.17, 15) is 13.2 Å². The van der Waals surface area contributed by atoms with Crippen LogP contribution in [0, 0.1) is 6.92 Å². The minimum atomic E-state index is -4.43. The summed E-state index contributed by atoms with van der Waals surface area (Å²) in [4.78, 5) is 9.88. The van der Waals surface area contributed by atoms with Crippen molar-refractivity contribution in [3.63, 3.8) is 0 Å². The highest BCUT2D eigenvalue weighted by Gasteiger charge is 2.44. The topological polar surface area (TPSA) is 25.8 Å². The second-order valence-corrected chi connectivity index (χ2v) is 11.3. The highest BCUT2D eigenvalue weighted by atomic mass is 32.1. The van der Waals surface area contributed by atoms with Gasteiger partial charge >= 0.3 is 6.18 Å². The van der Waals surface area contributed by atoms with E-state index >= 15 is 0 Å². The zero-order valence-corrected chi connectivity index (χ0v) is 19.9. The van der Waals surface area contributed by atoms with Crippen LogP contribution in [-0.4, -0.2) is 9.97 Å². The molecule has 0 spiro atoms. The highest BCUT2D eigenvalue weighted by molar-refractivity contribution is 7.17. The summed E-state index contributed by atoms with van der Waals surface area (Å²) in [5.41, 5.74) is 6.82. The maximum atomic E-state index is 13.6. The van der Waals surface area contributed by atoms with Crippen LogP contribution in [0.5, 0.6) is 0 Å². The van der Waals surface area contributed by atoms with Crippen LogP contribution < -0.4 is 0 Å². The summed E-state index contributed by atoms with van der Waals surface area (Å²) < 4.78 is 43.4. The van der Waals surface area contributed by atoms with Gasteiger partial charge in [0.25, 0.3) is 0 Å². The van der Waals surface area contributed by atoms with Crippen molar-refractivity contribution in [3.8, 4) is 0 Å². The minimum absolute atomic E-state index is 0.0856. The molecule has 2 bridgehead atoms. The Balaban J connectivity index is 1.47. The number of nitrogens with zero attached hydrogens (tertiary/aromatic N) is 2. The number of thiophene rings is 2. The molecule has 9 rings (SSSR count). The molecule has 0 saturated carbocycles. The molecular weight excluding hydrogens is 485 g/mol. The van der Waals surface area contributed by atoms with Gasteiger partial charge in [-0.2, -0.15) is 13.2 Å². The van der Waals surface area contributed by atoms with Gasteiger partial charge in [0.15, 0.2) is 0 Å². The second kappa shape index (κ2) is 6.47. The zero-order chi connectivity index (χ0) is 23.6. The minimum Gasteiger partial charge on any atom is -0.248 e. The number of fused-ring (bicyclic) bond motifs is 3. The van der Waals surface area contributed by atoms with Gasteiger partial charge in [0.05, 0.1) is 39.8 Å². The Morgan fingerprint density at radius 2 is 1.17 bits per heavy atom. The van der Waals surface area contributed by atoms with Crippen LogP contribution >= 0.6 is 22.7 Å². The number of aromatic nitrogens is 2. The number of halogens is 3. The first-order valence-corrected chi connectivity index (χ1v) is 13.0. The summed E-state index contributed by atoms with van der Waals surface area (Å²) in [6.45, 7) is 1.49. The van der Waals surface area contributed by atoms with E-state index in [0.717, 1.165) is 17.5 Å². The molecule has 0 radical (unpaired) electrons. The van der Waals surface area contributed by atoms with Crippen LogP contribution in [-0.2, 0) is 6.18 Å². The molecule has 0 unspecified atom stereocenters. The Labute approximate surface area is 205 Å². The summed E-state index contributed by atoms with van der Waals surface area (Å²) in [5, 5.41) is 6.57. The van der Waals surface area contributed by atoms with Gasteiger partial charge in [0, 0.05) is 9.40 Å². The van der Waals surface area contributed by atoms with Gasteiger partial charge in [-0.1, -0.05) is 0 Å². The molecule has 0 amide bonds. The van der Waals surface area contributed by atoms with Crippen molar-refractivity contribution >= 4 is 53.9 Å². The molecule has 0 fully saturated rings. The first-order valence-electron chi connectivity index (χ1n) is 11.3. The van der Waals surface area contributed by atoms with E-state index in [-0.39, 0.29) is 17.4 Å². The average Bonchev–Trinajstić information content (AvgIpc) is 3.47. The number of hydrogen-bond donors (Lipinski definition) is 0. The molecule has 0 atom stereocenters. The van der Waals surface area contributed by atoms with E-state index in [2.05, 4.69) is 47.2 Å². The van der Waals surface area contributed by atoms with Crippen LogP contribution in [0.2, 0.25) is 0 Å². The van der Waals surface area contributed by atoms with Crippen LogP contribution in [0.15, 0.2) is 59.3 Å². The Bertz CT molecular complexity index is 1800. The quantitative estimate of drug-likeness (QED) is 0.209. The predicted molar refractivity (Wildman–Crippen MR) is 135 cm³/mol. The third-order valence-corrected chi connectivity index (χ3v) is 9.24. The SMILES string of the molecule is Cc1cc2nc3c(nc2cc1C(F)(F)F)C1c2cc4ccsc4cc2C3c2cc3sccc3cc21. The van der Waals surface area contributed by atoms with Gasteiger partial charge in [-0.05, 0) is 105 Å². The van der Waals surface area contributed by atoms with Gasteiger partial charge in [-0.3, -0.25) is 0 Å². The summed E-state index contributed by atoms with van der Waals surface area (Å²) in [6.07, 6.45) is -4.43. The molecule has 0 aliphatic heterocycles. The fourth-order valence-electron chi connectivity index (χ4n) is 5.97. The number of benzene rings is 3. The maximum absolute atomic E-state index is 13.6. The van der Waals surface area contributed by atoms with Gasteiger partial charge in [0.1, 0.15) is 0 Å². The number of alkyl halides is 3. The lowest BCUT2D eigenvalue weighted by Crippen LogP contribution is -2.29. The summed E-state index contributed by atoms with van der Waals surface area (Å²) in [6, 6.07) is 16.0. The average molecular weight is 501 g/mol. The van der Waals surface area contributed by atoms with Crippen LogP contribution in [0.4, 0.5) is 13.2 Å². The van der Waals surface area contributed by atoms with E-state index < -0.39 is 11.7 Å². The Morgan fingerprint density at radius 1 is 0.686 bits per heavy atom. The normalized spacial score (nSPS) is 18.3. The molecule has 7 heteroatoms. The van der Waals surface area contributed by atoms with Crippen LogP contribution in [0.3, 0.4) is 0 Å². The summed E-state index contributed by atoms with van der Waals surface area (Å²) in [7, 11) is 0. The summed E-state index contributed by atoms with van der Waals surface area (Å²) in [5.74, 6) is -0.237. The number of aryl methyl sites for hydroxylation is 1. The van der Waals surface area contributed by atoms with Crippen molar-refractivity contribution in [1.29, 1.82) is 0 Å². The standard InChI is InChI=1S/C28H15F3N2S2/c1-12-6-20-21(11-19(12)28(29,30)31)33-26-24-15-7-13-2-4-34-22(13)9-17(15)25(27(26)32-20)18-10-23-14(3-5-35-23)8-16(18)24/h2-11,24-25H,1H3. The van der Waals surface area contributed by atoms with E-state index in [1.54, 1.807) is 22.7 Å². The second-order valence-electron chi connectivity index (χ2n) is 9.39. The molecule has 3 aromatic heterocycles. The Hall–Kier alpha value is -3.29. The fraction of sp³-hybridized carbons (Fsp3) is 0.143. The molecule has 0 saturated heterocycles. The molecule has 3 aromatic carbocycles. The zero-order valence-electron chi connectivity index (χ0n) is 18.3. The molecule has 3 heterocycles. The van der Waals surface area contributed by atoms with Crippen molar-refractivity contribution in [2.24, 2.45) is 0 Å². The van der Waals surface area contributed by atoms with Crippen molar-refractivity contribution in [2.75, 3.05) is 0 Å². The lowest BCUT2D eigenvalue weighted by Gasteiger charge is -2.40. The van der Waals surface area contributed by atoms with Crippen molar-refractivity contribution < 1.29 is 13.2 Å². The largest absolute Gasteiger partial charge is 0.416 e. The predicted octanol–water partition coefficient (Wildman–Crippen LogP) is 8.37. The van der Waals surface area contributed by atoms with E-state index in [1.807, 2.05) is 0 Å². The highest BCUT2D eigenvalue weighted by Crippen LogP contribution is 2.56. The third-order valence-electron chi connectivity index (χ3n) is 7.48. The molecule has 0 N–H and O–H groups in total. The van der Waals surface area contributed by atoms with Gasteiger partial charge < -0.3 is 0 Å². The number of rotatable bonds is 0. The molecule has 6 aromatic rings. The molecule has 2 nitrogen and oxygen atoms in total. The van der Waals surface area contributed by atoms with Gasteiger partial charge in [0.2, 0.25) is 0 Å². The maximum Gasteiger partial charge on any atom is 0.416 e. The van der Waals surface area contributed by atoms with E-state index in [4.69, 9.17) is 9.97 Å². The third kappa shape index (κ3) is 2.60. The Morgan fingerprint density at radius 3 is 1.69 bits per heavy atom. The Kier molecular flexibility index (Phi) is 3.69. The fourth-order valence-corrected chi connectivity index (χ4v) is 7.61. The van der Waals surface area contributed by atoms with Crippen LogP contribution in [0.25, 0.3) is 31.2 Å².